The average molecular weight is 431 g/mol. The van der Waals surface area contributed by atoms with Gasteiger partial charge in [0.1, 0.15) is 5.82 Å². The van der Waals surface area contributed by atoms with Crippen LogP contribution in [0.25, 0.3) is 22.1 Å². The smallest absolute Gasteiger partial charge is 0.549 e. The molecule has 150 valence electrons. The zero-order valence-electron chi connectivity index (χ0n) is 17.5. The number of nitrogens with zero attached hydrogens (tertiary/aromatic N) is 4. The molecule has 0 aliphatic rings. The van der Waals surface area contributed by atoms with Gasteiger partial charge in [-0.1, -0.05) is 49.9 Å². The van der Waals surface area contributed by atoms with Crippen LogP contribution in [0, 0.1) is 5.92 Å². The summed E-state index contributed by atoms with van der Waals surface area (Å²) in [6.07, 6.45) is 1.06. The maximum atomic E-state index is 11.0. The second kappa shape index (κ2) is 10.0. The number of thioether (sulfide) groups is 1. The molecule has 30 heavy (non-hydrogen) atoms. The van der Waals surface area contributed by atoms with Crippen molar-refractivity contribution in [2.45, 2.75) is 38.5 Å². The Morgan fingerprint density at radius 2 is 1.60 bits per heavy atom. The standard InChI is InChI=1S/C22H24N4O2S.Na/c1-15(2)11-12-25-18-9-5-3-7-16(18)23-20(25)13-26-19-10-6-4-8-17(19)24-22(26)29-14-21(27)28;/h3-10,15H,11-14H2,1-2H3,(H,27,28);/q;+1/p-1. The van der Waals surface area contributed by atoms with Crippen LogP contribution < -0.4 is 34.7 Å². The Bertz CT molecular complexity index is 1170. The van der Waals surface area contributed by atoms with E-state index in [1.54, 1.807) is 0 Å². The van der Waals surface area contributed by atoms with Crippen LogP contribution in [0.15, 0.2) is 53.7 Å². The van der Waals surface area contributed by atoms with Crippen molar-refractivity contribution in [3.8, 4) is 0 Å². The predicted octanol–water partition coefficient (Wildman–Crippen LogP) is 0.326. The van der Waals surface area contributed by atoms with Gasteiger partial charge in [0.05, 0.1) is 34.6 Å². The molecule has 0 unspecified atom stereocenters. The van der Waals surface area contributed by atoms with Crippen molar-refractivity contribution in [1.29, 1.82) is 0 Å². The van der Waals surface area contributed by atoms with Crippen molar-refractivity contribution < 1.29 is 39.5 Å². The van der Waals surface area contributed by atoms with E-state index in [9.17, 15) is 9.90 Å². The van der Waals surface area contributed by atoms with Gasteiger partial charge in [-0.15, -0.1) is 0 Å². The Hall–Kier alpha value is -1.80. The zero-order chi connectivity index (χ0) is 20.4. The number of aliphatic carboxylic acids is 1. The van der Waals surface area contributed by atoms with Gasteiger partial charge in [-0.3, -0.25) is 0 Å². The molecule has 2 aromatic heterocycles. The van der Waals surface area contributed by atoms with Crippen LogP contribution >= 0.6 is 11.8 Å². The second-order valence-corrected chi connectivity index (χ2v) is 8.42. The molecule has 0 aliphatic heterocycles. The largest absolute Gasteiger partial charge is 1.00 e. The first-order valence-corrected chi connectivity index (χ1v) is 10.7. The molecule has 4 aromatic rings. The Balaban J connectivity index is 0.00000256. The Morgan fingerprint density at radius 1 is 1.00 bits per heavy atom. The van der Waals surface area contributed by atoms with E-state index in [2.05, 4.69) is 34.0 Å². The molecule has 6 nitrogen and oxygen atoms in total. The van der Waals surface area contributed by atoms with E-state index in [0.29, 0.717) is 17.6 Å². The SMILES string of the molecule is CC(C)CCn1c(Cn2c(SCC(=O)[O-])nc3ccccc32)nc2ccccc21.[Na+]. The van der Waals surface area contributed by atoms with E-state index in [0.717, 1.165) is 40.9 Å². The molecule has 0 saturated carbocycles. The molecule has 8 heteroatoms. The van der Waals surface area contributed by atoms with Gasteiger partial charge in [-0.2, -0.15) is 0 Å². The summed E-state index contributed by atoms with van der Waals surface area (Å²) >= 11 is 1.18. The van der Waals surface area contributed by atoms with Gasteiger partial charge in [0.25, 0.3) is 0 Å². The summed E-state index contributed by atoms with van der Waals surface area (Å²) in [5.74, 6) is 0.308. The van der Waals surface area contributed by atoms with Crippen molar-refractivity contribution in [3.63, 3.8) is 0 Å². The summed E-state index contributed by atoms with van der Waals surface area (Å²) in [7, 11) is 0. The molecule has 0 bridgehead atoms. The van der Waals surface area contributed by atoms with Crippen LogP contribution in [0.2, 0.25) is 0 Å². The van der Waals surface area contributed by atoms with E-state index in [-0.39, 0.29) is 35.3 Å². The summed E-state index contributed by atoms with van der Waals surface area (Å²) in [5.41, 5.74) is 3.91. The number of hydrogen-bond acceptors (Lipinski definition) is 5. The first-order chi connectivity index (χ1) is 14.0. The Morgan fingerprint density at radius 3 is 2.23 bits per heavy atom. The maximum Gasteiger partial charge on any atom is 1.00 e. The minimum absolute atomic E-state index is 0. The van der Waals surface area contributed by atoms with E-state index in [1.807, 2.05) is 42.5 Å². The van der Waals surface area contributed by atoms with Crippen molar-refractivity contribution in [2.75, 3.05) is 5.75 Å². The minimum atomic E-state index is -1.10. The number of carbonyl (C=O) groups excluding carboxylic acids is 1. The third-order valence-electron chi connectivity index (χ3n) is 4.90. The number of carboxylic acid groups (broad SMARTS) is 1. The van der Waals surface area contributed by atoms with Gasteiger partial charge in [-0.05, 0) is 36.6 Å². The zero-order valence-corrected chi connectivity index (χ0v) is 20.4. The predicted molar refractivity (Wildman–Crippen MR) is 114 cm³/mol. The third-order valence-corrected chi connectivity index (χ3v) is 5.85. The van der Waals surface area contributed by atoms with Crippen LogP contribution in [0.4, 0.5) is 0 Å². The fraction of sp³-hybridized carbons (Fsp3) is 0.318. The van der Waals surface area contributed by atoms with Crippen molar-refractivity contribution in [1.82, 2.24) is 19.1 Å². The van der Waals surface area contributed by atoms with Gasteiger partial charge in [0, 0.05) is 12.3 Å². The second-order valence-electron chi connectivity index (χ2n) is 7.48. The summed E-state index contributed by atoms with van der Waals surface area (Å²) in [6, 6.07) is 16.0. The van der Waals surface area contributed by atoms with Crippen LogP contribution in [0.3, 0.4) is 0 Å². The molecule has 0 spiro atoms. The third kappa shape index (κ3) is 4.91. The van der Waals surface area contributed by atoms with Crippen LogP contribution in [-0.2, 0) is 17.9 Å². The Labute approximate surface area is 202 Å². The van der Waals surface area contributed by atoms with Crippen molar-refractivity contribution in [3.05, 3.63) is 54.4 Å². The maximum absolute atomic E-state index is 11.0. The summed E-state index contributed by atoms with van der Waals surface area (Å²) in [6.45, 7) is 5.86. The first kappa shape index (κ1) is 22.9. The molecule has 2 heterocycles. The number of para-hydroxylation sites is 4. The molecule has 0 atom stereocenters. The number of hydrogen-bond donors (Lipinski definition) is 0. The van der Waals surface area contributed by atoms with Gasteiger partial charge in [-0.25, -0.2) is 9.97 Å². The van der Waals surface area contributed by atoms with E-state index in [1.165, 1.54) is 11.8 Å². The van der Waals surface area contributed by atoms with Gasteiger partial charge < -0.3 is 19.0 Å². The quantitative estimate of drug-likeness (QED) is 0.297. The van der Waals surface area contributed by atoms with Gasteiger partial charge in [0.15, 0.2) is 5.16 Å². The summed E-state index contributed by atoms with van der Waals surface area (Å²) in [4.78, 5) is 20.5. The molecule has 0 radical (unpaired) electrons. The molecule has 0 N–H and O–H groups in total. The monoisotopic (exact) mass is 430 g/mol. The Kier molecular flexibility index (Phi) is 7.63. The van der Waals surface area contributed by atoms with Gasteiger partial charge in [0.2, 0.25) is 0 Å². The number of carbonyl (C=O) groups is 1. The van der Waals surface area contributed by atoms with Crippen LogP contribution in [0.1, 0.15) is 26.1 Å². The molecular weight excluding hydrogens is 407 g/mol. The van der Waals surface area contributed by atoms with Crippen molar-refractivity contribution in [2.24, 2.45) is 5.92 Å². The van der Waals surface area contributed by atoms with E-state index in [4.69, 9.17) is 4.98 Å². The molecule has 0 fully saturated rings. The number of carboxylic acids is 1. The summed E-state index contributed by atoms with van der Waals surface area (Å²) < 4.78 is 4.33. The minimum Gasteiger partial charge on any atom is -0.549 e. The first-order valence-electron chi connectivity index (χ1n) is 9.75. The van der Waals surface area contributed by atoms with Crippen LogP contribution in [-0.4, -0.2) is 30.8 Å². The average Bonchev–Trinajstić information content (AvgIpc) is 3.23. The molecule has 2 aromatic carbocycles. The fourth-order valence-electron chi connectivity index (χ4n) is 3.46. The number of fused-ring (bicyclic) bond motifs is 2. The van der Waals surface area contributed by atoms with Gasteiger partial charge >= 0.3 is 29.6 Å². The topological polar surface area (TPSA) is 75.8 Å². The number of aryl methyl sites for hydroxylation is 1. The molecule has 0 saturated heterocycles. The number of imidazole rings is 2. The van der Waals surface area contributed by atoms with Crippen LogP contribution in [0.5, 0.6) is 0 Å². The van der Waals surface area contributed by atoms with Crippen molar-refractivity contribution >= 4 is 39.8 Å². The fourth-order valence-corrected chi connectivity index (χ4v) is 4.19. The summed E-state index contributed by atoms with van der Waals surface area (Å²) in [5, 5.41) is 11.7. The molecule has 0 aliphatic carbocycles. The molecular formula is C22H23N4NaO2S. The normalized spacial score (nSPS) is 11.3. The number of benzene rings is 2. The number of aromatic nitrogens is 4. The molecule has 4 rings (SSSR count). The number of rotatable bonds is 8. The molecule has 0 amide bonds. The van der Waals surface area contributed by atoms with E-state index >= 15 is 0 Å². The van der Waals surface area contributed by atoms with E-state index < -0.39 is 5.97 Å².